The van der Waals surface area contributed by atoms with Gasteiger partial charge in [0, 0.05) is 31.7 Å². The number of hydrogen-bond donors (Lipinski definition) is 1. The predicted octanol–water partition coefficient (Wildman–Crippen LogP) is 1.22. The summed E-state index contributed by atoms with van der Waals surface area (Å²) in [6.07, 6.45) is 1.67. The van der Waals surface area contributed by atoms with Gasteiger partial charge >= 0.3 is 0 Å². The van der Waals surface area contributed by atoms with E-state index in [-0.39, 0.29) is 11.2 Å². The van der Waals surface area contributed by atoms with Gasteiger partial charge in [-0.1, -0.05) is 11.8 Å². The minimum absolute atomic E-state index is 0.0901. The van der Waals surface area contributed by atoms with E-state index in [1.54, 1.807) is 6.20 Å². The first-order valence-corrected chi connectivity index (χ1v) is 9.45. The Morgan fingerprint density at radius 1 is 1.46 bits per heavy atom. The molecule has 0 aliphatic carbocycles. The van der Waals surface area contributed by atoms with Crippen LogP contribution in [0.1, 0.15) is 12.7 Å². The van der Waals surface area contributed by atoms with Crippen LogP contribution in [-0.2, 0) is 23.1 Å². The number of carbonyl (C=O) groups is 1. The van der Waals surface area contributed by atoms with Gasteiger partial charge in [-0.2, -0.15) is 0 Å². The Bertz CT molecular complexity index is 669. The second kappa shape index (κ2) is 8.06. The number of morpholine rings is 1. The van der Waals surface area contributed by atoms with Crippen molar-refractivity contribution in [2.45, 2.75) is 23.9 Å². The number of nitrogens with one attached hydrogen (secondary N) is 1. The van der Waals surface area contributed by atoms with Crippen molar-refractivity contribution < 1.29 is 9.53 Å². The molecule has 1 aliphatic heterocycles. The van der Waals surface area contributed by atoms with Crippen LogP contribution in [0.4, 0.5) is 5.13 Å². The van der Waals surface area contributed by atoms with Gasteiger partial charge in [-0.15, -0.1) is 21.5 Å². The number of hydrogen-bond acceptors (Lipinski definition) is 8. The fraction of sp³-hybridized carbons (Fsp3) is 0.571. The molecular formula is C14H20N6O2S2. The van der Waals surface area contributed by atoms with Gasteiger partial charge < -0.3 is 14.6 Å². The zero-order chi connectivity index (χ0) is 16.9. The molecule has 1 saturated heterocycles. The lowest BCUT2D eigenvalue weighted by Crippen LogP contribution is -2.36. The van der Waals surface area contributed by atoms with Crippen molar-refractivity contribution in [3.05, 3.63) is 17.4 Å². The Balaban J connectivity index is 1.57. The highest BCUT2D eigenvalue weighted by Crippen LogP contribution is 2.23. The smallest absolute Gasteiger partial charge is 0.239 e. The van der Waals surface area contributed by atoms with Crippen LogP contribution < -0.4 is 5.32 Å². The third kappa shape index (κ3) is 4.32. The molecule has 2 aromatic rings. The average molecular weight is 368 g/mol. The van der Waals surface area contributed by atoms with E-state index in [0.717, 1.165) is 43.8 Å². The molecular weight excluding hydrogens is 348 g/mol. The number of rotatable bonds is 6. The first-order valence-electron chi connectivity index (χ1n) is 7.69. The molecule has 0 bridgehead atoms. The first kappa shape index (κ1) is 17.3. The van der Waals surface area contributed by atoms with Gasteiger partial charge in [0.25, 0.3) is 0 Å². The lowest BCUT2D eigenvalue weighted by Gasteiger charge is -2.25. The quantitative estimate of drug-likeness (QED) is 0.768. The zero-order valence-corrected chi connectivity index (χ0v) is 15.3. The SMILES string of the molecule is C[C@H](Sc1nnc(CN2CCOCC2)n1C)C(=O)Nc1nccs1. The molecule has 24 heavy (non-hydrogen) atoms. The third-order valence-corrected chi connectivity index (χ3v) is 5.53. The van der Waals surface area contributed by atoms with E-state index in [1.807, 2.05) is 23.9 Å². The molecule has 0 unspecified atom stereocenters. The topological polar surface area (TPSA) is 85.2 Å². The Kier molecular flexibility index (Phi) is 5.82. The summed E-state index contributed by atoms with van der Waals surface area (Å²) in [6.45, 7) is 5.92. The van der Waals surface area contributed by atoms with Crippen molar-refractivity contribution >= 4 is 34.1 Å². The lowest BCUT2D eigenvalue weighted by molar-refractivity contribution is -0.115. The average Bonchev–Trinajstić information content (AvgIpc) is 3.21. The lowest BCUT2D eigenvalue weighted by atomic mass is 10.4. The molecule has 0 radical (unpaired) electrons. The number of nitrogens with zero attached hydrogens (tertiary/aromatic N) is 5. The molecule has 1 aliphatic rings. The van der Waals surface area contributed by atoms with Crippen molar-refractivity contribution in [3.63, 3.8) is 0 Å². The van der Waals surface area contributed by atoms with Gasteiger partial charge in [-0.05, 0) is 6.92 Å². The summed E-state index contributed by atoms with van der Waals surface area (Å²) in [5.74, 6) is 0.805. The molecule has 3 rings (SSSR count). The number of ether oxygens (including phenoxy) is 1. The molecule has 10 heteroatoms. The molecule has 0 aromatic carbocycles. The van der Waals surface area contributed by atoms with Crippen LogP contribution in [0.3, 0.4) is 0 Å². The van der Waals surface area contributed by atoms with E-state index in [1.165, 1.54) is 23.1 Å². The summed E-state index contributed by atoms with van der Waals surface area (Å²) in [5, 5.41) is 14.2. The van der Waals surface area contributed by atoms with E-state index in [9.17, 15) is 4.79 Å². The summed E-state index contributed by atoms with van der Waals surface area (Å²) < 4.78 is 7.31. The summed E-state index contributed by atoms with van der Waals surface area (Å²) >= 11 is 2.79. The first-order chi connectivity index (χ1) is 11.6. The van der Waals surface area contributed by atoms with Gasteiger partial charge in [0.1, 0.15) is 5.82 Å². The number of carbonyl (C=O) groups excluding carboxylic acids is 1. The van der Waals surface area contributed by atoms with Crippen molar-refractivity contribution in [1.82, 2.24) is 24.6 Å². The zero-order valence-electron chi connectivity index (χ0n) is 13.6. The Morgan fingerprint density at radius 3 is 2.96 bits per heavy atom. The van der Waals surface area contributed by atoms with E-state index < -0.39 is 0 Å². The minimum Gasteiger partial charge on any atom is -0.379 e. The van der Waals surface area contributed by atoms with Crippen LogP contribution in [-0.4, -0.2) is 62.1 Å². The Hall–Kier alpha value is -1.49. The van der Waals surface area contributed by atoms with Crippen LogP contribution in [0.5, 0.6) is 0 Å². The molecule has 1 atom stereocenters. The number of aromatic nitrogens is 4. The minimum atomic E-state index is -0.284. The van der Waals surface area contributed by atoms with Crippen molar-refractivity contribution in [2.24, 2.45) is 7.05 Å². The van der Waals surface area contributed by atoms with Crippen LogP contribution >= 0.6 is 23.1 Å². The molecule has 0 spiro atoms. The number of thiazole rings is 1. The Labute approximate surface area is 148 Å². The fourth-order valence-corrected chi connectivity index (χ4v) is 3.61. The van der Waals surface area contributed by atoms with E-state index in [2.05, 4.69) is 25.4 Å². The monoisotopic (exact) mass is 368 g/mol. The van der Waals surface area contributed by atoms with Gasteiger partial charge in [-0.3, -0.25) is 9.69 Å². The summed E-state index contributed by atoms with van der Waals surface area (Å²) in [6, 6.07) is 0. The van der Waals surface area contributed by atoms with Gasteiger partial charge in [0.05, 0.1) is 25.0 Å². The molecule has 0 saturated carbocycles. The number of amides is 1. The summed E-state index contributed by atoms with van der Waals surface area (Å²) in [4.78, 5) is 18.6. The molecule has 1 amide bonds. The largest absolute Gasteiger partial charge is 0.379 e. The third-order valence-electron chi connectivity index (χ3n) is 3.71. The van der Waals surface area contributed by atoms with Crippen LogP contribution in [0, 0.1) is 0 Å². The van der Waals surface area contributed by atoms with E-state index in [0.29, 0.717) is 5.13 Å². The van der Waals surface area contributed by atoms with Gasteiger partial charge in [0.2, 0.25) is 5.91 Å². The van der Waals surface area contributed by atoms with Gasteiger partial charge in [0.15, 0.2) is 10.3 Å². The predicted molar refractivity (Wildman–Crippen MR) is 93.2 cm³/mol. The van der Waals surface area contributed by atoms with Crippen molar-refractivity contribution in [1.29, 1.82) is 0 Å². The fourth-order valence-electron chi connectivity index (χ4n) is 2.25. The van der Waals surface area contributed by atoms with E-state index >= 15 is 0 Å². The highest BCUT2D eigenvalue weighted by atomic mass is 32.2. The van der Waals surface area contributed by atoms with Crippen LogP contribution in [0.25, 0.3) is 0 Å². The molecule has 1 fully saturated rings. The molecule has 8 nitrogen and oxygen atoms in total. The Morgan fingerprint density at radius 2 is 2.25 bits per heavy atom. The maximum absolute atomic E-state index is 12.2. The maximum atomic E-state index is 12.2. The second-order valence-electron chi connectivity index (χ2n) is 5.43. The summed E-state index contributed by atoms with van der Waals surface area (Å²) in [7, 11) is 1.93. The number of thioether (sulfide) groups is 1. The summed E-state index contributed by atoms with van der Waals surface area (Å²) in [5.41, 5.74) is 0. The highest BCUT2D eigenvalue weighted by Gasteiger charge is 2.21. The normalized spacial score (nSPS) is 16.9. The van der Waals surface area contributed by atoms with Crippen LogP contribution in [0.15, 0.2) is 16.7 Å². The standard InChI is InChI=1S/C14H20N6O2S2/c1-10(12(21)16-13-15-3-8-23-13)24-14-18-17-11(19(14)2)9-20-4-6-22-7-5-20/h3,8,10H,4-7,9H2,1-2H3,(H,15,16,21)/t10-/m0/s1. The number of anilines is 1. The van der Waals surface area contributed by atoms with E-state index in [4.69, 9.17) is 4.74 Å². The maximum Gasteiger partial charge on any atom is 0.239 e. The molecule has 1 N–H and O–H groups in total. The van der Waals surface area contributed by atoms with Crippen molar-refractivity contribution in [3.8, 4) is 0 Å². The van der Waals surface area contributed by atoms with Crippen LogP contribution in [0.2, 0.25) is 0 Å². The second-order valence-corrected chi connectivity index (χ2v) is 7.64. The molecule has 2 aromatic heterocycles. The highest BCUT2D eigenvalue weighted by molar-refractivity contribution is 8.00. The van der Waals surface area contributed by atoms with Gasteiger partial charge in [-0.25, -0.2) is 4.98 Å². The molecule has 3 heterocycles. The molecule has 130 valence electrons. The van der Waals surface area contributed by atoms with Crippen molar-refractivity contribution in [2.75, 3.05) is 31.6 Å².